The molecule has 5 heteroatoms. The van der Waals surface area contributed by atoms with Crippen LogP contribution >= 0.6 is 0 Å². The van der Waals surface area contributed by atoms with Crippen LogP contribution in [0, 0.1) is 5.92 Å². The van der Waals surface area contributed by atoms with E-state index in [1.807, 2.05) is 59.6 Å². The third kappa shape index (κ3) is 5.11. The lowest BCUT2D eigenvalue weighted by atomic mass is 9.89. The summed E-state index contributed by atoms with van der Waals surface area (Å²) < 4.78 is 0. The number of amides is 1. The molecule has 0 radical (unpaired) electrons. The molecule has 0 fully saturated rings. The molecule has 0 saturated carbocycles. The first-order valence-electron chi connectivity index (χ1n) is 10.9. The fourth-order valence-electron chi connectivity index (χ4n) is 4.23. The minimum Gasteiger partial charge on any atom is -0.399 e. The SMILES string of the molecule is Nc1cccc(C(=O)CC(Cc2ccccc2)C(=O)N2CC=CCC2c2cccnc2)c1. The van der Waals surface area contributed by atoms with Gasteiger partial charge < -0.3 is 10.6 Å². The molecule has 0 bridgehead atoms. The van der Waals surface area contributed by atoms with Crippen molar-refractivity contribution in [3.63, 3.8) is 0 Å². The predicted molar refractivity (Wildman–Crippen MR) is 126 cm³/mol. The molecule has 1 amide bonds. The van der Waals surface area contributed by atoms with Crippen LogP contribution in [0.4, 0.5) is 5.69 Å². The van der Waals surface area contributed by atoms with Gasteiger partial charge in [0.1, 0.15) is 0 Å². The molecule has 2 heterocycles. The Hall–Kier alpha value is -3.73. The van der Waals surface area contributed by atoms with E-state index < -0.39 is 5.92 Å². The van der Waals surface area contributed by atoms with Gasteiger partial charge >= 0.3 is 0 Å². The molecule has 2 atom stereocenters. The molecule has 2 unspecified atom stereocenters. The van der Waals surface area contributed by atoms with E-state index in [-0.39, 0.29) is 24.2 Å². The van der Waals surface area contributed by atoms with Crippen LogP contribution in [-0.4, -0.2) is 28.1 Å². The Morgan fingerprint density at radius 3 is 2.62 bits per heavy atom. The van der Waals surface area contributed by atoms with Gasteiger partial charge in [0.05, 0.1) is 6.04 Å². The first-order chi connectivity index (χ1) is 15.6. The van der Waals surface area contributed by atoms with Crippen molar-refractivity contribution in [1.29, 1.82) is 0 Å². The quantitative estimate of drug-likeness (QED) is 0.340. The molecule has 32 heavy (non-hydrogen) atoms. The van der Waals surface area contributed by atoms with Gasteiger partial charge in [-0.05, 0) is 42.2 Å². The average molecular weight is 426 g/mol. The summed E-state index contributed by atoms with van der Waals surface area (Å²) in [6.07, 6.45) is 9.05. The standard InChI is InChI=1S/C27H27N3O2/c28-24-12-6-10-21(17-24)26(31)18-23(16-20-8-2-1-3-9-20)27(32)30-15-5-4-13-25(30)22-11-7-14-29-19-22/h1-12,14,17,19,23,25H,13,15-16,18,28H2. The van der Waals surface area contributed by atoms with Crippen LogP contribution in [0.5, 0.6) is 0 Å². The number of nitrogens with zero attached hydrogens (tertiary/aromatic N) is 2. The fraction of sp³-hybridized carbons (Fsp3) is 0.222. The molecule has 0 spiro atoms. The zero-order valence-electron chi connectivity index (χ0n) is 17.9. The number of carbonyl (C=O) groups excluding carboxylic acids is 2. The van der Waals surface area contributed by atoms with Crippen LogP contribution < -0.4 is 5.73 Å². The number of rotatable bonds is 7. The van der Waals surface area contributed by atoms with E-state index in [0.717, 1.165) is 17.5 Å². The summed E-state index contributed by atoms with van der Waals surface area (Å²) in [4.78, 5) is 33.0. The Labute approximate surface area is 188 Å². The molecule has 1 aliphatic rings. The summed E-state index contributed by atoms with van der Waals surface area (Å²) in [6.45, 7) is 0.524. The lowest BCUT2D eigenvalue weighted by Gasteiger charge is -2.35. The number of nitrogens with two attached hydrogens (primary N) is 1. The molecule has 2 aromatic carbocycles. The molecule has 2 N–H and O–H groups in total. The van der Waals surface area contributed by atoms with Crippen LogP contribution in [0.1, 0.15) is 40.4 Å². The zero-order valence-corrected chi connectivity index (χ0v) is 17.9. The average Bonchev–Trinajstić information content (AvgIpc) is 2.84. The van der Waals surface area contributed by atoms with Gasteiger partial charge in [0.25, 0.3) is 0 Å². The largest absolute Gasteiger partial charge is 0.399 e. The summed E-state index contributed by atoms with van der Waals surface area (Å²) >= 11 is 0. The van der Waals surface area contributed by atoms with E-state index in [0.29, 0.717) is 24.2 Å². The van der Waals surface area contributed by atoms with Crippen LogP contribution in [0.15, 0.2) is 91.3 Å². The van der Waals surface area contributed by atoms with E-state index in [1.54, 1.807) is 30.5 Å². The molecule has 162 valence electrons. The normalized spacial score (nSPS) is 16.5. The molecule has 0 saturated heterocycles. The summed E-state index contributed by atoms with van der Waals surface area (Å²) in [7, 11) is 0. The second kappa shape index (κ2) is 10.1. The predicted octanol–water partition coefficient (Wildman–Crippen LogP) is 4.63. The molecular formula is C27H27N3O2. The van der Waals surface area contributed by atoms with E-state index in [2.05, 4.69) is 11.1 Å². The van der Waals surface area contributed by atoms with Crippen LogP contribution in [0.25, 0.3) is 0 Å². The number of anilines is 1. The van der Waals surface area contributed by atoms with E-state index in [9.17, 15) is 9.59 Å². The van der Waals surface area contributed by atoms with Gasteiger partial charge in [0, 0.05) is 42.5 Å². The van der Waals surface area contributed by atoms with Crippen molar-refractivity contribution >= 4 is 17.4 Å². The second-order valence-electron chi connectivity index (χ2n) is 8.14. The molecular weight excluding hydrogens is 398 g/mol. The number of Topliss-reactive ketones (excluding diaryl/α,β-unsaturated/α-hetero) is 1. The monoisotopic (exact) mass is 425 g/mol. The van der Waals surface area contributed by atoms with Crippen molar-refractivity contribution in [3.05, 3.63) is 108 Å². The van der Waals surface area contributed by atoms with Crippen LogP contribution in [0.3, 0.4) is 0 Å². The van der Waals surface area contributed by atoms with E-state index in [4.69, 9.17) is 5.73 Å². The minimum absolute atomic E-state index is 0.00990. The Morgan fingerprint density at radius 2 is 1.88 bits per heavy atom. The van der Waals surface area contributed by atoms with Crippen molar-refractivity contribution in [2.75, 3.05) is 12.3 Å². The summed E-state index contributed by atoms with van der Waals surface area (Å²) in [5.74, 6) is -0.543. The number of pyridine rings is 1. The maximum Gasteiger partial charge on any atom is 0.227 e. The van der Waals surface area contributed by atoms with Gasteiger partial charge in [-0.2, -0.15) is 0 Å². The topological polar surface area (TPSA) is 76.3 Å². The third-order valence-electron chi connectivity index (χ3n) is 5.87. The summed E-state index contributed by atoms with van der Waals surface area (Å²) in [6, 6.07) is 20.6. The summed E-state index contributed by atoms with van der Waals surface area (Å²) in [5.41, 5.74) is 8.99. The first-order valence-corrected chi connectivity index (χ1v) is 10.9. The van der Waals surface area contributed by atoms with Gasteiger partial charge in [0.15, 0.2) is 5.78 Å². The fourth-order valence-corrected chi connectivity index (χ4v) is 4.23. The number of hydrogen-bond donors (Lipinski definition) is 1. The minimum atomic E-state index is -0.461. The Kier molecular flexibility index (Phi) is 6.75. The molecule has 3 aromatic rings. The van der Waals surface area contributed by atoms with Crippen molar-refractivity contribution < 1.29 is 9.59 Å². The molecule has 1 aliphatic heterocycles. The van der Waals surface area contributed by atoms with Gasteiger partial charge in [-0.3, -0.25) is 14.6 Å². The van der Waals surface area contributed by atoms with Crippen molar-refractivity contribution in [2.24, 2.45) is 5.92 Å². The van der Waals surface area contributed by atoms with Crippen LogP contribution in [0.2, 0.25) is 0 Å². The highest BCUT2D eigenvalue weighted by Gasteiger charge is 2.32. The number of benzene rings is 2. The Bertz CT molecular complexity index is 1100. The number of ketones is 1. The van der Waals surface area contributed by atoms with Gasteiger partial charge in [-0.15, -0.1) is 0 Å². The lowest BCUT2D eigenvalue weighted by molar-refractivity contribution is -0.137. The van der Waals surface area contributed by atoms with Gasteiger partial charge in [-0.1, -0.05) is 60.7 Å². The first kappa shape index (κ1) is 21.5. The van der Waals surface area contributed by atoms with Crippen molar-refractivity contribution in [3.8, 4) is 0 Å². The number of nitrogen functional groups attached to an aromatic ring is 1. The number of hydrogen-bond acceptors (Lipinski definition) is 4. The van der Waals surface area contributed by atoms with Crippen LogP contribution in [-0.2, 0) is 11.2 Å². The number of carbonyl (C=O) groups is 2. The van der Waals surface area contributed by atoms with Gasteiger partial charge in [-0.25, -0.2) is 0 Å². The Morgan fingerprint density at radius 1 is 1.03 bits per heavy atom. The highest BCUT2D eigenvalue weighted by Crippen LogP contribution is 2.30. The third-order valence-corrected chi connectivity index (χ3v) is 5.87. The lowest BCUT2D eigenvalue weighted by Crippen LogP contribution is -2.42. The molecule has 1 aromatic heterocycles. The van der Waals surface area contributed by atoms with Crippen molar-refractivity contribution in [1.82, 2.24) is 9.88 Å². The van der Waals surface area contributed by atoms with E-state index in [1.165, 1.54) is 0 Å². The van der Waals surface area contributed by atoms with E-state index >= 15 is 0 Å². The highest BCUT2D eigenvalue weighted by atomic mass is 16.2. The Balaban J connectivity index is 1.61. The smallest absolute Gasteiger partial charge is 0.227 e. The zero-order chi connectivity index (χ0) is 22.3. The highest BCUT2D eigenvalue weighted by molar-refractivity contribution is 5.99. The number of aromatic nitrogens is 1. The molecule has 5 nitrogen and oxygen atoms in total. The van der Waals surface area contributed by atoms with Gasteiger partial charge in [0.2, 0.25) is 5.91 Å². The second-order valence-corrected chi connectivity index (χ2v) is 8.14. The maximum absolute atomic E-state index is 13.8. The maximum atomic E-state index is 13.8. The molecule has 4 rings (SSSR count). The molecule has 0 aliphatic carbocycles. The summed E-state index contributed by atoms with van der Waals surface area (Å²) in [5, 5.41) is 0. The van der Waals surface area contributed by atoms with Crippen molar-refractivity contribution in [2.45, 2.75) is 25.3 Å².